The van der Waals surface area contributed by atoms with Crippen LogP contribution in [0, 0.1) is 0 Å². The molecule has 0 aromatic heterocycles. The SMILES string of the molecule is CCC(CC(N)C(=O)O)c1cccc(OC)c1OC. The average molecular weight is 267 g/mol. The summed E-state index contributed by atoms with van der Waals surface area (Å²) in [6, 6.07) is 4.72. The van der Waals surface area contributed by atoms with Crippen molar-refractivity contribution >= 4 is 5.97 Å². The molecule has 2 unspecified atom stereocenters. The van der Waals surface area contributed by atoms with Crippen molar-refractivity contribution in [2.45, 2.75) is 31.7 Å². The van der Waals surface area contributed by atoms with Crippen LogP contribution in [0.3, 0.4) is 0 Å². The molecule has 1 aromatic rings. The van der Waals surface area contributed by atoms with E-state index in [1.54, 1.807) is 14.2 Å². The third-order valence-electron chi connectivity index (χ3n) is 3.22. The van der Waals surface area contributed by atoms with E-state index in [0.717, 1.165) is 12.0 Å². The minimum atomic E-state index is -0.986. The second-order valence-corrected chi connectivity index (χ2v) is 4.37. The van der Waals surface area contributed by atoms with Gasteiger partial charge in [0.15, 0.2) is 11.5 Å². The van der Waals surface area contributed by atoms with Gasteiger partial charge in [-0.2, -0.15) is 0 Å². The van der Waals surface area contributed by atoms with Gasteiger partial charge in [0, 0.05) is 5.56 Å². The fraction of sp³-hybridized carbons (Fsp3) is 0.500. The summed E-state index contributed by atoms with van der Waals surface area (Å²) in [6.45, 7) is 2.00. The van der Waals surface area contributed by atoms with E-state index in [2.05, 4.69) is 0 Å². The van der Waals surface area contributed by atoms with E-state index in [0.29, 0.717) is 17.9 Å². The number of methoxy groups -OCH3 is 2. The first-order valence-electron chi connectivity index (χ1n) is 6.24. The van der Waals surface area contributed by atoms with Gasteiger partial charge in [-0.25, -0.2) is 0 Å². The van der Waals surface area contributed by atoms with Gasteiger partial charge in [0.25, 0.3) is 0 Å². The van der Waals surface area contributed by atoms with Crippen molar-refractivity contribution in [3.63, 3.8) is 0 Å². The largest absolute Gasteiger partial charge is 0.493 e. The van der Waals surface area contributed by atoms with Crippen LogP contribution in [-0.2, 0) is 4.79 Å². The lowest BCUT2D eigenvalue weighted by molar-refractivity contribution is -0.138. The molecule has 0 heterocycles. The Bertz CT molecular complexity index is 433. The number of carboxylic acid groups (broad SMARTS) is 1. The number of carboxylic acids is 1. The van der Waals surface area contributed by atoms with Crippen molar-refractivity contribution in [3.8, 4) is 11.5 Å². The number of ether oxygens (including phenoxy) is 2. The number of rotatable bonds is 7. The zero-order valence-corrected chi connectivity index (χ0v) is 11.6. The van der Waals surface area contributed by atoms with Crippen molar-refractivity contribution in [1.82, 2.24) is 0 Å². The van der Waals surface area contributed by atoms with Gasteiger partial charge in [-0.3, -0.25) is 4.79 Å². The Morgan fingerprint density at radius 2 is 2.05 bits per heavy atom. The number of para-hydroxylation sites is 1. The number of nitrogens with two attached hydrogens (primary N) is 1. The molecule has 0 fully saturated rings. The zero-order chi connectivity index (χ0) is 14.4. The molecule has 5 heteroatoms. The van der Waals surface area contributed by atoms with E-state index in [1.807, 2.05) is 25.1 Å². The molecule has 3 N–H and O–H groups in total. The maximum atomic E-state index is 10.9. The van der Waals surface area contributed by atoms with Gasteiger partial charge in [-0.15, -0.1) is 0 Å². The van der Waals surface area contributed by atoms with Crippen LogP contribution in [0.1, 0.15) is 31.2 Å². The summed E-state index contributed by atoms with van der Waals surface area (Å²) in [5, 5.41) is 8.92. The molecule has 0 spiro atoms. The highest BCUT2D eigenvalue weighted by Gasteiger charge is 2.23. The van der Waals surface area contributed by atoms with Gasteiger partial charge >= 0.3 is 5.97 Å². The molecule has 0 aliphatic heterocycles. The molecule has 19 heavy (non-hydrogen) atoms. The summed E-state index contributed by atoms with van der Waals surface area (Å²) in [7, 11) is 3.15. The molecule has 106 valence electrons. The minimum absolute atomic E-state index is 0.0242. The molecule has 1 aromatic carbocycles. The second-order valence-electron chi connectivity index (χ2n) is 4.37. The second kappa shape index (κ2) is 6.99. The van der Waals surface area contributed by atoms with Gasteiger partial charge < -0.3 is 20.3 Å². The first kappa shape index (κ1) is 15.3. The van der Waals surface area contributed by atoms with Crippen LogP contribution in [0.5, 0.6) is 11.5 Å². The van der Waals surface area contributed by atoms with E-state index in [1.165, 1.54) is 0 Å². The van der Waals surface area contributed by atoms with Gasteiger partial charge in [0.1, 0.15) is 6.04 Å². The molecule has 0 saturated heterocycles. The predicted octanol–water partition coefficient (Wildman–Crippen LogP) is 2.00. The molecule has 0 bridgehead atoms. The Balaban J connectivity index is 3.07. The summed E-state index contributed by atoms with van der Waals surface area (Å²) >= 11 is 0. The summed E-state index contributed by atoms with van der Waals surface area (Å²) in [5.74, 6) is 0.327. The van der Waals surface area contributed by atoms with Crippen LogP contribution in [0.15, 0.2) is 18.2 Å². The van der Waals surface area contributed by atoms with E-state index in [4.69, 9.17) is 20.3 Å². The van der Waals surface area contributed by atoms with Gasteiger partial charge in [-0.05, 0) is 24.8 Å². The van der Waals surface area contributed by atoms with E-state index >= 15 is 0 Å². The van der Waals surface area contributed by atoms with E-state index in [9.17, 15) is 4.79 Å². The Morgan fingerprint density at radius 3 is 2.53 bits per heavy atom. The van der Waals surface area contributed by atoms with Crippen LogP contribution < -0.4 is 15.2 Å². The molecule has 2 atom stereocenters. The molecular weight excluding hydrogens is 246 g/mol. The van der Waals surface area contributed by atoms with Gasteiger partial charge in [0.2, 0.25) is 0 Å². The normalized spacial score (nSPS) is 13.7. The third-order valence-corrected chi connectivity index (χ3v) is 3.22. The number of hydrogen-bond donors (Lipinski definition) is 2. The lowest BCUT2D eigenvalue weighted by Gasteiger charge is -2.21. The molecule has 0 radical (unpaired) electrons. The van der Waals surface area contributed by atoms with Crippen LogP contribution in [0.4, 0.5) is 0 Å². The van der Waals surface area contributed by atoms with Crippen LogP contribution in [0.25, 0.3) is 0 Å². The smallest absolute Gasteiger partial charge is 0.320 e. The highest BCUT2D eigenvalue weighted by molar-refractivity contribution is 5.73. The Morgan fingerprint density at radius 1 is 1.37 bits per heavy atom. The van der Waals surface area contributed by atoms with Crippen molar-refractivity contribution in [1.29, 1.82) is 0 Å². The van der Waals surface area contributed by atoms with Crippen LogP contribution in [0.2, 0.25) is 0 Å². The van der Waals surface area contributed by atoms with Crippen molar-refractivity contribution in [2.75, 3.05) is 14.2 Å². The van der Waals surface area contributed by atoms with E-state index < -0.39 is 12.0 Å². The molecule has 0 saturated carbocycles. The topological polar surface area (TPSA) is 81.8 Å². The maximum Gasteiger partial charge on any atom is 0.320 e. The fourth-order valence-electron chi connectivity index (χ4n) is 2.15. The lowest BCUT2D eigenvalue weighted by Crippen LogP contribution is -2.31. The summed E-state index contributed by atoms with van der Waals surface area (Å²) in [4.78, 5) is 10.9. The average Bonchev–Trinajstić information content (AvgIpc) is 2.43. The van der Waals surface area contributed by atoms with Gasteiger partial charge in [-0.1, -0.05) is 19.1 Å². The number of benzene rings is 1. The lowest BCUT2D eigenvalue weighted by atomic mass is 9.89. The number of aliphatic carboxylic acids is 1. The zero-order valence-electron chi connectivity index (χ0n) is 11.6. The molecular formula is C14H21NO4. The molecule has 5 nitrogen and oxygen atoms in total. The molecule has 0 aliphatic rings. The highest BCUT2D eigenvalue weighted by atomic mass is 16.5. The van der Waals surface area contributed by atoms with Crippen LogP contribution in [-0.4, -0.2) is 31.3 Å². The first-order chi connectivity index (χ1) is 9.04. The Labute approximate surface area is 113 Å². The fourth-order valence-corrected chi connectivity index (χ4v) is 2.15. The summed E-state index contributed by atoms with van der Waals surface area (Å²) in [6.07, 6.45) is 1.15. The molecule has 1 rings (SSSR count). The van der Waals surface area contributed by atoms with Crippen LogP contribution >= 0.6 is 0 Å². The monoisotopic (exact) mass is 267 g/mol. The molecule has 0 aliphatic carbocycles. The van der Waals surface area contributed by atoms with Crippen molar-refractivity contribution < 1.29 is 19.4 Å². The standard InChI is InChI=1S/C14H21NO4/c1-4-9(8-11(15)14(16)17)10-6-5-7-12(18-2)13(10)19-3/h5-7,9,11H,4,8,15H2,1-3H3,(H,16,17). The molecule has 0 amide bonds. The Hall–Kier alpha value is -1.75. The summed E-state index contributed by atoms with van der Waals surface area (Å²) < 4.78 is 10.6. The van der Waals surface area contributed by atoms with E-state index in [-0.39, 0.29) is 5.92 Å². The Kier molecular flexibility index (Phi) is 5.63. The summed E-state index contributed by atoms with van der Waals surface area (Å²) in [5.41, 5.74) is 6.55. The van der Waals surface area contributed by atoms with Crippen molar-refractivity contribution in [2.24, 2.45) is 5.73 Å². The maximum absolute atomic E-state index is 10.9. The minimum Gasteiger partial charge on any atom is -0.493 e. The quantitative estimate of drug-likeness (QED) is 0.789. The van der Waals surface area contributed by atoms with Crippen molar-refractivity contribution in [3.05, 3.63) is 23.8 Å². The highest BCUT2D eigenvalue weighted by Crippen LogP contribution is 2.38. The first-order valence-corrected chi connectivity index (χ1v) is 6.24. The number of carbonyl (C=O) groups is 1. The van der Waals surface area contributed by atoms with Gasteiger partial charge in [0.05, 0.1) is 14.2 Å². The number of hydrogen-bond acceptors (Lipinski definition) is 4. The predicted molar refractivity (Wildman–Crippen MR) is 72.8 cm³/mol. The third kappa shape index (κ3) is 3.61.